The minimum Gasteiger partial charge on any atom is -0.486 e. The SMILES string of the molecule is CC(C)(CCCCN)CN(CC(O)[C@H](Cc1ccccc1)NC(=O)OC1COC2OCCC12)S(=O)(=O)c1ccc2c(c1)OCCO2.CC(C)C(C)(C)CCCCNS(C)(=O)=O.CS(=O)(=O)Cl. The first-order valence-corrected chi connectivity index (χ1v) is 28.6. The maximum Gasteiger partial charge on any atom is 0.407 e. The van der Waals surface area contributed by atoms with E-state index in [1.54, 1.807) is 6.07 Å². The Balaban J connectivity index is 0.000000483. The summed E-state index contributed by atoms with van der Waals surface area (Å²) in [5.74, 6) is 1.46. The molecule has 21 heteroatoms. The molecule has 2 aromatic rings. The average Bonchev–Trinajstić information content (AvgIpc) is 3.85. The van der Waals surface area contributed by atoms with Crippen LogP contribution in [0.15, 0.2) is 53.4 Å². The fourth-order valence-corrected chi connectivity index (χ4v) is 9.67. The van der Waals surface area contributed by atoms with Crippen molar-refractivity contribution in [3.63, 3.8) is 0 Å². The van der Waals surface area contributed by atoms with Gasteiger partial charge < -0.3 is 39.8 Å². The minimum atomic E-state index is -4.12. The van der Waals surface area contributed by atoms with E-state index in [4.69, 9.17) is 29.4 Å². The van der Waals surface area contributed by atoms with Gasteiger partial charge in [-0.05, 0) is 79.5 Å². The molecule has 5 N–H and O–H groups in total. The van der Waals surface area contributed by atoms with Crippen LogP contribution in [-0.4, -0.2) is 130 Å². The molecule has 2 saturated heterocycles. The third-order valence-electron chi connectivity index (χ3n) is 11.9. The second-order valence-electron chi connectivity index (χ2n) is 18.9. The molecule has 2 fully saturated rings. The maximum absolute atomic E-state index is 14.3. The second-order valence-corrected chi connectivity index (χ2v) is 25.8. The molecule has 1 amide bonds. The molecule has 5 atom stereocenters. The first-order valence-electron chi connectivity index (χ1n) is 22.6. The van der Waals surface area contributed by atoms with E-state index in [-0.39, 0.29) is 43.2 Å². The van der Waals surface area contributed by atoms with Gasteiger partial charge in [-0.25, -0.2) is 34.8 Å². The zero-order valence-electron chi connectivity index (χ0n) is 39.9. The fraction of sp³-hybridized carbons (Fsp3) is 0.711. The van der Waals surface area contributed by atoms with E-state index in [0.717, 1.165) is 56.8 Å². The number of alkyl carbamates (subject to hydrolysis) is 1. The van der Waals surface area contributed by atoms with E-state index in [1.807, 2.05) is 44.2 Å². The molecular formula is C45H75ClN4O13S3. The van der Waals surface area contributed by atoms with Crippen molar-refractivity contribution in [3.8, 4) is 11.5 Å². The van der Waals surface area contributed by atoms with Gasteiger partial charge in [0.25, 0.3) is 0 Å². The van der Waals surface area contributed by atoms with Gasteiger partial charge in [0.15, 0.2) is 17.8 Å². The van der Waals surface area contributed by atoms with E-state index in [9.17, 15) is 35.2 Å². The summed E-state index contributed by atoms with van der Waals surface area (Å²) in [6.07, 6.45) is 5.83. The van der Waals surface area contributed by atoms with Crippen LogP contribution in [0.1, 0.15) is 92.1 Å². The molecule has 17 nitrogen and oxygen atoms in total. The van der Waals surface area contributed by atoms with Gasteiger partial charge in [-0.2, -0.15) is 4.31 Å². The number of unbranched alkanes of at least 4 members (excludes halogenated alkanes) is 2. The van der Waals surface area contributed by atoms with Crippen LogP contribution in [0.4, 0.5) is 4.79 Å². The number of fused-ring (bicyclic) bond motifs is 2. The van der Waals surface area contributed by atoms with Gasteiger partial charge in [0.05, 0.1) is 48.7 Å². The van der Waals surface area contributed by atoms with Gasteiger partial charge in [-0.3, -0.25) is 0 Å². The third kappa shape index (κ3) is 20.8. The highest BCUT2D eigenvalue weighted by molar-refractivity contribution is 8.13. The Morgan fingerprint density at radius 1 is 0.909 bits per heavy atom. The number of halogens is 1. The largest absolute Gasteiger partial charge is 0.486 e. The van der Waals surface area contributed by atoms with Crippen LogP contribution in [0, 0.1) is 22.7 Å². The summed E-state index contributed by atoms with van der Waals surface area (Å²) in [6, 6.07) is 13.1. The first-order chi connectivity index (χ1) is 30.7. The van der Waals surface area contributed by atoms with E-state index in [2.05, 4.69) is 48.4 Å². The molecule has 4 unspecified atom stereocenters. The number of amides is 1. The Morgan fingerprint density at radius 2 is 1.55 bits per heavy atom. The average molecular weight is 1010 g/mol. The summed E-state index contributed by atoms with van der Waals surface area (Å²) in [5, 5.41) is 14.6. The van der Waals surface area contributed by atoms with Crippen LogP contribution in [-0.2, 0) is 49.7 Å². The quantitative estimate of drug-likeness (QED) is 0.0826. The van der Waals surface area contributed by atoms with Crippen LogP contribution >= 0.6 is 10.7 Å². The van der Waals surface area contributed by atoms with Crippen molar-refractivity contribution in [1.82, 2.24) is 14.3 Å². The molecule has 0 spiro atoms. The van der Waals surface area contributed by atoms with Crippen molar-refractivity contribution < 1.29 is 58.8 Å². The number of nitrogens with zero attached hydrogens (tertiary/aromatic N) is 1. The van der Waals surface area contributed by atoms with Gasteiger partial charge in [0, 0.05) is 36.4 Å². The number of nitrogens with one attached hydrogen (secondary N) is 2. The van der Waals surface area contributed by atoms with Gasteiger partial charge in [0.1, 0.15) is 19.3 Å². The number of hydrogen-bond acceptors (Lipinski definition) is 14. The van der Waals surface area contributed by atoms with Crippen LogP contribution < -0.4 is 25.2 Å². The van der Waals surface area contributed by atoms with Gasteiger partial charge in [-0.1, -0.05) is 84.7 Å². The normalized spacial score (nSPS) is 19.5. The van der Waals surface area contributed by atoms with Crippen LogP contribution in [0.5, 0.6) is 11.5 Å². The predicted molar refractivity (Wildman–Crippen MR) is 256 cm³/mol. The molecule has 0 radical (unpaired) electrons. The number of rotatable bonds is 22. The second kappa shape index (κ2) is 26.3. The van der Waals surface area contributed by atoms with Crippen molar-refractivity contribution in [3.05, 3.63) is 54.1 Å². The number of carbonyl (C=O) groups excluding carboxylic acids is 1. The van der Waals surface area contributed by atoms with Crippen LogP contribution in [0.2, 0.25) is 0 Å². The molecule has 3 aliphatic heterocycles. The van der Waals surface area contributed by atoms with Crippen molar-refractivity contribution in [2.24, 2.45) is 28.4 Å². The molecule has 0 aliphatic carbocycles. The Morgan fingerprint density at radius 3 is 2.17 bits per heavy atom. The molecule has 0 aromatic heterocycles. The number of benzene rings is 2. The highest BCUT2D eigenvalue weighted by atomic mass is 35.7. The van der Waals surface area contributed by atoms with Crippen LogP contribution in [0.25, 0.3) is 0 Å². The lowest BCUT2D eigenvalue weighted by Gasteiger charge is -2.35. The number of aliphatic hydroxyl groups is 1. The molecule has 0 bridgehead atoms. The number of ether oxygens (including phenoxy) is 5. The summed E-state index contributed by atoms with van der Waals surface area (Å²) in [6.45, 7) is 15.5. The number of carbonyl (C=O) groups is 1. The monoisotopic (exact) mass is 1010 g/mol. The molecule has 66 heavy (non-hydrogen) atoms. The zero-order chi connectivity index (χ0) is 49.3. The summed E-state index contributed by atoms with van der Waals surface area (Å²) in [4.78, 5) is 13.2. The summed E-state index contributed by atoms with van der Waals surface area (Å²) in [5.41, 5.74) is 6.51. The number of aliphatic hydroxyl groups excluding tert-OH is 1. The van der Waals surface area contributed by atoms with Crippen molar-refractivity contribution >= 4 is 45.9 Å². The lowest BCUT2D eigenvalue weighted by Crippen LogP contribution is -2.52. The molecule has 2 aromatic carbocycles. The third-order valence-corrected chi connectivity index (χ3v) is 14.5. The zero-order valence-corrected chi connectivity index (χ0v) is 43.1. The van der Waals surface area contributed by atoms with E-state index in [1.165, 1.54) is 22.7 Å². The molecular weight excluding hydrogens is 936 g/mol. The van der Waals surface area contributed by atoms with Crippen molar-refractivity contribution in [2.75, 3.05) is 65.1 Å². The van der Waals surface area contributed by atoms with Gasteiger partial charge in [0.2, 0.25) is 29.1 Å². The highest BCUT2D eigenvalue weighted by Crippen LogP contribution is 2.36. The van der Waals surface area contributed by atoms with Crippen molar-refractivity contribution in [1.29, 1.82) is 0 Å². The summed E-state index contributed by atoms with van der Waals surface area (Å²) < 4.78 is 101. The molecule has 3 heterocycles. The van der Waals surface area contributed by atoms with E-state index < -0.39 is 58.9 Å². The number of sulfonamides is 2. The highest BCUT2D eigenvalue weighted by Gasteiger charge is 2.44. The molecule has 378 valence electrons. The lowest BCUT2D eigenvalue weighted by atomic mass is 9.77. The Kier molecular flexibility index (Phi) is 22.9. The Hall–Kier alpha value is -2.79. The molecule has 5 rings (SSSR count). The van der Waals surface area contributed by atoms with Gasteiger partial charge >= 0.3 is 6.09 Å². The molecule has 3 aliphatic rings. The fourth-order valence-electron chi connectivity index (χ4n) is 7.49. The first kappa shape index (κ1) is 57.5. The lowest BCUT2D eigenvalue weighted by molar-refractivity contribution is -0.0907. The van der Waals surface area contributed by atoms with Crippen molar-refractivity contribution in [2.45, 2.75) is 122 Å². The molecule has 0 saturated carbocycles. The smallest absolute Gasteiger partial charge is 0.407 e. The summed E-state index contributed by atoms with van der Waals surface area (Å²) >= 11 is 0. The Bertz CT molecular complexity index is 2120. The number of hydrogen-bond donors (Lipinski definition) is 4. The maximum atomic E-state index is 14.3. The topological polar surface area (TPSA) is 239 Å². The Labute approximate surface area is 398 Å². The predicted octanol–water partition coefficient (Wildman–Crippen LogP) is 5.64. The number of nitrogens with two attached hydrogens (primary N) is 1. The van der Waals surface area contributed by atoms with E-state index >= 15 is 0 Å². The van der Waals surface area contributed by atoms with E-state index in [0.29, 0.717) is 55.7 Å². The van der Waals surface area contributed by atoms with Crippen LogP contribution in [0.3, 0.4) is 0 Å². The minimum absolute atomic E-state index is 0.0308. The summed E-state index contributed by atoms with van der Waals surface area (Å²) in [7, 11) is -5.82. The van der Waals surface area contributed by atoms with Gasteiger partial charge in [-0.15, -0.1) is 0 Å². The standard InChI is InChI=1S/C33H47N3O9S.C11H25NO2S.CH3ClO2S/c1-33(2,13-6-7-14-34)22-36(46(39,40)24-10-11-28-29(19-24)42-17-16-41-28)20-27(37)26(18-23-8-4-3-5-9-23)35-32(38)45-30-21-44-31-25(30)12-15-43-31;1-10(2)11(3,4)8-6-7-9-12-15(5,13)14;1-5(2,3)4/h3-5,8-11,19,25-27,30-31,37H,6-7,12-18,20-22,34H2,1-2H3,(H,35,38);10,12H,6-9H2,1-5H3;1H3/t25?,26-,27?,30?,31?;;/m0../s1.